The Labute approximate surface area is 123 Å². The van der Waals surface area contributed by atoms with E-state index in [2.05, 4.69) is 26.0 Å². The highest BCUT2D eigenvalue weighted by molar-refractivity contribution is 9.10. The molecule has 19 heavy (non-hydrogen) atoms. The van der Waals surface area contributed by atoms with Crippen LogP contribution in [0.25, 0.3) is 0 Å². The summed E-state index contributed by atoms with van der Waals surface area (Å²) < 4.78 is 16.0. The second-order valence-electron chi connectivity index (χ2n) is 4.71. The quantitative estimate of drug-likeness (QED) is 0.778. The molecule has 0 amide bonds. The minimum atomic E-state index is -0.308. The van der Waals surface area contributed by atoms with E-state index in [9.17, 15) is 4.39 Å². The third kappa shape index (κ3) is 2.67. The second kappa shape index (κ2) is 5.21. The summed E-state index contributed by atoms with van der Waals surface area (Å²) in [4.78, 5) is 4.43. The normalized spacial score (nSPS) is 19.0. The number of hydrogen-bond donors (Lipinski definition) is 0. The fourth-order valence-electron chi connectivity index (χ4n) is 2.58. The van der Waals surface area contributed by atoms with Gasteiger partial charge in [0.25, 0.3) is 0 Å². The topological polar surface area (TPSA) is 30.7 Å². The smallest absolute Gasteiger partial charge is 0.217 e. The van der Waals surface area contributed by atoms with Crippen molar-refractivity contribution in [1.29, 1.82) is 0 Å². The molecule has 0 spiro atoms. The maximum Gasteiger partial charge on any atom is 0.217 e. The van der Waals surface area contributed by atoms with Crippen molar-refractivity contribution in [1.82, 2.24) is 14.8 Å². The number of benzene rings is 1. The van der Waals surface area contributed by atoms with Crippen molar-refractivity contribution in [2.45, 2.75) is 31.7 Å². The standard InChI is InChI=1S/C13H12BrClFN3/c14-13-17-12-11(3-1-2-4-19(12)18-13)8-5-9(15)7-10(16)6-8/h5-7,11H,1-4H2. The highest BCUT2D eigenvalue weighted by Crippen LogP contribution is 2.33. The highest BCUT2D eigenvalue weighted by atomic mass is 79.9. The van der Waals surface area contributed by atoms with Gasteiger partial charge in [-0.25, -0.2) is 14.1 Å². The SMILES string of the molecule is Fc1cc(Cl)cc(C2CCCCn3nc(Br)nc32)c1. The number of fused-ring (bicyclic) bond motifs is 1. The Bertz CT molecular complexity index is 594. The number of halogens is 3. The molecule has 6 heteroatoms. The van der Waals surface area contributed by atoms with Crippen LogP contribution >= 0.6 is 27.5 Å². The van der Waals surface area contributed by atoms with Gasteiger partial charge in [-0.15, -0.1) is 5.10 Å². The van der Waals surface area contributed by atoms with Gasteiger partial charge in [-0.05, 0) is 52.5 Å². The zero-order valence-electron chi connectivity index (χ0n) is 10.1. The van der Waals surface area contributed by atoms with Crippen molar-refractivity contribution < 1.29 is 4.39 Å². The molecule has 2 aromatic rings. The molecule has 1 aromatic heterocycles. The summed E-state index contributed by atoms with van der Waals surface area (Å²) in [6.45, 7) is 0.855. The zero-order valence-corrected chi connectivity index (χ0v) is 12.5. The Balaban J connectivity index is 2.08. The maximum absolute atomic E-state index is 13.5. The largest absolute Gasteiger partial charge is 0.248 e. The average Bonchev–Trinajstić information content (AvgIpc) is 2.58. The molecule has 0 N–H and O–H groups in total. The van der Waals surface area contributed by atoms with E-state index >= 15 is 0 Å². The van der Waals surface area contributed by atoms with Crippen LogP contribution in [0.4, 0.5) is 4.39 Å². The molecule has 0 fully saturated rings. The molecular weight excluding hydrogens is 333 g/mol. The van der Waals surface area contributed by atoms with Gasteiger partial charge in [-0.1, -0.05) is 18.0 Å². The lowest BCUT2D eigenvalue weighted by atomic mass is 9.93. The van der Waals surface area contributed by atoms with Crippen molar-refractivity contribution in [3.05, 3.63) is 45.2 Å². The maximum atomic E-state index is 13.5. The number of aryl methyl sites for hydroxylation is 1. The summed E-state index contributed by atoms with van der Waals surface area (Å²) >= 11 is 9.25. The molecule has 1 aliphatic heterocycles. The van der Waals surface area contributed by atoms with E-state index in [0.717, 1.165) is 37.2 Å². The summed E-state index contributed by atoms with van der Waals surface area (Å²) in [7, 11) is 0. The van der Waals surface area contributed by atoms with E-state index in [1.54, 1.807) is 0 Å². The van der Waals surface area contributed by atoms with Gasteiger partial charge in [-0.2, -0.15) is 0 Å². The molecule has 100 valence electrons. The van der Waals surface area contributed by atoms with Crippen molar-refractivity contribution in [3.63, 3.8) is 0 Å². The summed E-state index contributed by atoms with van der Waals surface area (Å²) in [5, 5.41) is 4.75. The van der Waals surface area contributed by atoms with Crippen molar-refractivity contribution in [2.24, 2.45) is 0 Å². The first kappa shape index (κ1) is 13.1. The van der Waals surface area contributed by atoms with Crippen LogP contribution in [-0.2, 0) is 6.54 Å². The Morgan fingerprint density at radius 2 is 2.16 bits per heavy atom. The van der Waals surface area contributed by atoms with Crippen LogP contribution in [0.2, 0.25) is 5.02 Å². The van der Waals surface area contributed by atoms with Crippen LogP contribution in [0.5, 0.6) is 0 Å². The fraction of sp³-hybridized carbons (Fsp3) is 0.385. The number of nitrogens with zero attached hydrogens (tertiary/aromatic N) is 3. The number of hydrogen-bond acceptors (Lipinski definition) is 2. The third-order valence-corrected chi connectivity index (χ3v) is 3.94. The molecule has 2 heterocycles. The van der Waals surface area contributed by atoms with Crippen LogP contribution in [-0.4, -0.2) is 14.8 Å². The average molecular weight is 345 g/mol. The van der Waals surface area contributed by atoms with E-state index in [0.29, 0.717) is 9.76 Å². The Morgan fingerprint density at radius 3 is 2.95 bits per heavy atom. The lowest BCUT2D eigenvalue weighted by Crippen LogP contribution is -2.08. The van der Waals surface area contributed by atoms with E-state index in [-0.39, 0.29) is 11.7 Å². The van der Waals surface area contributed by atoms with Crippen molar-refractivity contribution in [2.75, 3.05) is 0 Å². The van der Waals surface area contributed by atoms with Crippen molar-refractivity contribution >= 4 is 27.5 Å². The minimum Gasteiger partial charge on any atom is -0.248 e. The van der Waals surface area contributed by atoms with Crippen LogP contribution < -0.4 is 0 Å². The molecule has 0 radical (unpaired) electrons. The van der Waals surface area contributed by atoms with Crippen LogP contribution in [0.3, 0.4) is 0 Å². The van der Waals surface area contributed by atoms with Gasteiger partial charge in [0.1, 0.15) is 11.6 Å². The molecule has 0 saturated carbocycles. The van der Waals surface area contributed by atoms with Crippen LogP contribution in [0.1, 0.15) is 36.6 Å². The first-order chi connectivity index (χ1) is 9.13. The lowest BCUT2D eigenvalue weighted by molar-refractivity contribution is 0.572. The summed E-state index contributed by atoms with van der Waals surface area (Å²) in [5.74, 6) is 0.623. The van der Waals surface area contributed by atoms with Gasteiger partial charge in [0.05, 0.1) is 0 Å². The van der Waals surface area contributed by atoms with E-state index < -0.39 is 0 Å². The van der Waals surface area contributed by atoms with E-state index in [1.165, 1.54) is 12.1 Å². The zero-order chi connectivity index (χ0) is 13.4. The molecule has 1 atom stereocenters. The predicted molar refractivity (Wildman–Crippen MR) is 74.8 cm³/mol. The summed E-state index contributed by atoms with van der Waals surface area (Å²) in [6, 6.07) is 4.67. The Kier molecular flexibility index (Phi) is 3.58. The molecule has 0 saturated heterocycles. The van der Waals surface area contributed by atoms with Gasteiger partial charge in [0, 0.05) is 17.5 Å². The molecule has 3 rings (SSSR count). The first-order valence-electron chi connectivity index (χ1n) is 6.20. The fourth-order valence-corrected chi connectivity index (χ4v) is 3.18. The minimum absolute atomic E-state index is 0.0505. The van der Waals surface area contributed by atoms with E-state index in [1.807, 2.05) is 10.7 Å². The number of aromatic nitrogens is 3. The molecule has 1 aromatic carbocycles. The molecule has 0 bridgehead atoms. The van der Waals surface area contributed by atoms with Gasteiger partial charge in [0.2, 0.25) is 4.73 Å². The van der Waals surface area contributed by atoms with E-state index in [4.69, 9.17) is 11.6 Å². The van der Waals surface area contributed by atoms with Crippen LogP contribution in [0.15, 0.2) is 22.9 Å². The van der Waals surface area contributed by atoms with Gasteiger partial charge in [0.15, 0.2) is 0 Å². The highest BCUT2D eigenvalue weighted by Gasteiger charge is 2.24. The molecule has 1 unspecified atom stereocenters. The Hall–Kier alpha value is -0.940. The van der Waals surface area contributed by atoms with Gasteiger partial charge >= 0.3 is 0 Å². The lowest BCUT2D eigenvalue weighted by Gasteiger charge is -2.14. The van der Waals surface area contributed by atoms with Gasteiger partial charge < -0.3 is 0 Å². The monoisotopic (exact) mass is 343 g/mol. The molecule has 1 aliphatic rings. The summed E-state index contributed by atoms with van der Waals surface area (Å²) in [5.41, 5.74) is 0.869. The van der Waals surface area contributed by atoms with Crippen LogP contribution in [0, 0.1) is 5.82 Å². The molecule has 3 nitrogen and oxygen atoms in total. The molecule has 0 aliphatic carbocycles. The second-order valence-corrected chi connectivity index (χ2v) is 5.86. The molecular formula is C13H12BrClFN3. The Morgan fingerprint density at radius 1 is 1.32 bits per heavy atom. The third-order valence-electron chi connectivity index (χ3n) is 3.39. The van der Waals surface area contributed by atoms with Crippen molar-refractivity contribution in [3.8, 4) is 0 Å². The predicted octanol–water partition coefficient (Wildman–Crippen LogP) is 4.15. The number of rotatable bonds is 1. The van der Waals surface area contributed by atoms with Gasteiger partial charge in [-0.3, -0.25) is 0 Å². The summed E-state index contributed by atoms with van der Waals surface area (Å²) in [6.07, 6.45) is 3.06. The first-order valence-corrected chi connectivity index (χ1v) is 7.37.